The van der Waals surface area contributed by atoms with Crippen LogP contribution in [0.4, 0.5) is 5.69 Å². The van der Waals surface area contributed by atoms with E-state index in [1.165, 1.54) is 16.8 Å². The van der Waals surface area contributed by atoms with Gasteiger partial charge in [-0.1, -0.05) is 12.1 Å². The zero-order valence-corrected chi connectivity index (χ0v) is 11.6. The van der Waals surface area contributed by atoms with Crippen LogP contribution in [0.3, 0.4) is 0 Å². The Balaban J connectivity index is 2.12. The van der Waals surface area contributed by atoms with Crippen LogP contribution in [0.15, 0.2) is 41.1 Å². The highest BCUT2D eigenvalue weighted by molar-refractivity contribution is 7.07. The van der Waals surface area contributed by atoms with Gasteiger partial charge in [-0.2, -0.15) is 11.3 Å². The largest absolute Gasteiger partial charge is 0.378 e. The van der Waals surface area contributed by atoms with Crippen molar-refractivity contribution in [3.05, 3.63) is 52.2 Å². The van der Waals surface area contributed by atoms with Gasteiger partial charge in [-0.25, -0.2) is 0 Å². The maximum atomic E-state index is 5.66. The molecule has 4 heteroatoms. The number of anilines is 1. The fourth-order valence-electron chi connectivity index (χ4n) is 1.92. The maximum absolute atomic E-state index is 5.66. The van der Waals surface area contributed by atoms with Crippen LogP contribution in [0.2, 0.25) is 0 Å². The highest BCUT2D eigenvalue weighted by atomic mass is 32.1. The number of benzene rings is 1. The van der Waals surface area contributed by atoms with Crippen molar-refractivity contribution < 1.29 is 0 Å². The Kier molecular flexibility index (Phi) is 4.36. The Hall–Kier alpha value is -1.36. The quantitative estimate of drug-likeness (QED) is 0.642. The maximum Gasteiger partial charge on any atom is 0.0500 e. The number of rotatable bonds is 5. The van der Waals surface area contributed by atoms with Crippen LogP contribution < -0.4 is 16.2 Å². The van der Waals surface area contributed by atoms with E-state index in [0.29, 0.717) is 0 Å². The normalized spacial score (nSPS) is 12.4. The molecule has 0 spiro atoms. The Morgan fingerprint density at radius 2 is 1.94 bits per heavy atom. The first-order chi connectivity index (χ1) is 8.70. The summed E-state index contributed by atoms with van der Waals surface area (Å²) in [4.78, 5) is 2.09. The number of hydrazine groups is 1. The van der Waals surface area contributed by atoms with Crippen molar-refractivity contribution in [1.29, 1.82) is 0 Å². The van der Waals surface area contributed by atoms with Crippen molar-refractivity contribution in [1.82, 2.24) is 5.43 Å². The van der Waals surface area contributed by atoms with E-state index in [9.17, 15) is 0 Å². The van der Waals surface area contributed by atoms with Gasteiger partial charge in [0, 0.05) is 19.8 Å². The average Bonchev–Trinajstić information content (AvgIpc) is 2.89. The summed E-state index contributed by atoms with van der Waals surface area (Å²) in [6.07, 6.45) is 0.918. The summed E-state index contributed by atoms with van der Waals surface area (Å²) in [5, 5.41) is 4.26. The molecule has 18 heavy (non-hydrogen) atoms. The Labute approximate surface area is 112 Å². The van der Waals surface area contributed by atoms with E-state index >= 15 is 0 Å². The first-order valence-corrected chi connectivity index (χ1v) is 6.89. The van der Waals surface area contributed by atoms with Crippen molar-refractivity contribution in [2.45, 2.75) is 12.5 Å². The molecule has 0 amide bonds. The summed E-state index contributed by atoms with van der Waals surface area (Å²) in [6, 6.07) is 10.8. The van der Waals surface area contributed by atoms with Crippen LogP contribution in [0.25, 0.3) is 0 Å². The molecule has 1 atom stereocenters. The first kappa shape index (κ1) is 13.1. The molecule has 0 radical (unpaired) electrons. The molecule has 1 unspecified atom stereocenters. The summed E-state index contributed by atoms with van der Waals surface area (Å²) in [5.41, 5.74) is 6.63. The van der Waals surface area contributed by atoms with Gasteiger partial charge in [0.1, 0.15) is 0 Å². The lowest BCUT2D eigenvalue weighted by atomic mass is 10.0. The number of thiophene rings is 1. The Morgan fingerprint density at radius 1 is 1.22 bits per heavy atom. The minimum atomic E-state index is 0.163. The van der Waals surface area contributed by atoms with Crippen molar-refractivity contribution >= 4 is 17.0 Å². The number of nitrogens with one attached hydrogen (secondary N) is 1. The zero-order chi connectivity index (χ0) is 13.0. The van der Waals surface area contributed by atoms with Gasteiger partial charge in [-0.15, -0.1) is 0 Å². The van der Waals surface area contributed by atoms with Gasteiger partial charge in [-0.3, -0.25) is 11.3 Å². The molecule has 96 valence electrons. The summed E-state index contributed by atoms with van der Waals surface area (Å²) in [6.45, 7) is 0. The summed E-state index contributed by atoms with van der Waals surface area (Å²) >= 11 is 1.72. The van der Waals surface area contributed by atoms with Gasteiger partial charge in [0.25, 0.3) is 0 Å². The highest BCUT2D eigenvalue weighted by Crippen LogP contribution is 2.21. The second-order valence-corrected chi connectivity index (χ2v) is 5.32. The second kappa shape index (κ2) is 6.00. The summed E-state index contributed by atoms with van der Waals surface area (Å²) < 4.78 is 0. The van der Waals surface area contributed by atoms with E-state index in [1.807, 2.05) is 14.1 Å². The van der Waals surface area contributed by atoms with E-state index in [1.54, 1.807) is 11.3 Å². The van der Waals surface area contributed by atoms with E-state index < -0.39 is 0 Å². The molecule has 2 aromatic rings. The van der Waals surface area contributed by atoms with Crippen LogP contribution in [0.5, 0.6) is 0 Å². The van der Waals surface area contributed by atoms with E-state index in [0.717, 1.165) is 6.42 Å². The van der Waals surface area contributed by atoms with Gasteiger partial charge in [0.05, 0.1) is 6.04 Å². The predicted molar refractivity (Wildman–Crippen MR) is 78.9 cm³/mol. The summed E-state index contributed by atoms with van der Waals surface area (Å²) in [5.74, 6) is 5.66. The summed E-state index contributed by atoms with van der Waals surface area (Å²) in [7, 11) is 4.08. The molecule has 1 heterocycles. The molecular weight excluding hydrogens is 242 g/mol. The highest BCUT2D eigenvalue weighted by Gasteiger charge is 2.10. The molecule has 0 aliphatic heterocycles. The standard InChI is InChI=1S/C14H19N3S/c1-17(2)13-5-3-12(4-6-13)14(16-15)9-11-7-8-18-10-11/h3-8,10,14,16H,9,15H2,1-2H3. The fraction of sp³-hybridized carbons (Fsp3) is 0.286. The molecule has 0 saturated heterocycles. The lowest BCUT2D eigenvalue weighted by Crippen LogP contribution is -2.29. The smallest absolute Gasteiger partial charge is 0.0500 e. The van der Waals surface area contributed by atoms with E-state index in [2.05, 4.69) is 51.4 Å². The number of hydrogen-bond donors (Lipinski definition) is 2. The molecule has 0 aliphatic carbocycles. The monoisotopic (exact) mass is 261 g/mol. The third kappa shape index (κ3) is 3.10. The Morgan fingerprint density at radius 3 is 2.44 bits per heavy atom. The second-order valence-electron chi connectivity index (χ2n) is 4.54. The average molecular weight is 261 g/mol. The number of nitrogens with zero attached hydrogens (tertiary/aromatic N) is 1. The molecule has 1 aromatic heterocycles. The van der Waals surface area contributed by atoms with Crippen molar-refractivity contribution in [3.63, 3.8) is 0 Å². The first-order valence-electron chi connectivity index (χ1n) is 5.95. The third-order valence-electron chi connectivity index (χ3n) is 3.03. The topological polar surface area (TPSA) is 41.3 Å². The van der Waals surface area contributed by atoms with Gasteiger partial charge in [-0.05, 0) is 46.5 Å². The SMILES string of the molecule is CN(C)c1ccc(C(Cc2ccsc2)NN)cc1. The third-order valence-corrected chi connectivity index (χ3v) is 3.77. The van der Waals surface area contributed by atoms with Crippen LogP contribution in [0.1, 0.15) is 17.2 Å². The lowest BCUT2D eigenvalue weighted by Gasteiger charge is -2.18. The number of nitrogens with two attached hydrogens (primary N) is 1. The molecule has 3 nitrogen and oxygen atoms in total. The zero-order valence-electron chi connectivity index (χ0n) is 10.8. The van der Waals surface area contributed by atoms with Crippen LogP contribution in [-0.2, 0) is 6.42 Å². The molecule has 2 rings (SSSR count). The van der Waals surface area contributed by atoms with E-state index in [-0.39, 0.29) is 6.04 Å². The minimum Gasteiger partial charge on any atom is -0.378 e. The van der Waals surface area contributed by atoms with Crippen LogP contribution in [0, 0.1) is 0 Å². The lowest BCUT2D eigenvalue weighted by molar-refractivity contribution is 0.552. The molecule has 0 bridgehead atoms. The number of hydrogen-bond acceptors (Lipinski definition) is 4. The van der Waals surface area contributed by atoms with Gasteiger partial charge in [0.2, 0.25) is 0 Å². The van der Waals surface area contributed by atoms with E-state index in [4.69, 9.17) is 5.84 Å². The minimum absolute atomic E-state index is 0.163. The van der Waals surface area contributed by atoms with Crippen molar-refractivity contribution in [3.8, 4) is 0 Å². The van der Waals surface area contributed by atoms with Gasteiger partial charge >= 0.3 is 0 Å². The fourth-order valence-corrected chi connectivity index (χ4v) is 2.60. The molecule has 1 aromatic carbocycles. The van der Waals surface area contributed by atoms with Gasteiger partial charge < -0.3 is 4.90 Å². The molecule has 0 fully saturated rings. The Bertz CT molecular complexity index is 462. The van der Waals surface area contributed by atoms with Crippen LogP contribution >= 0.6 is 11.3 Å². The molecular formula is C14H19N3S. The molecule has 0 saturated carbocycles. The van der Waals surface area contributed by atoms with Gasteiger partial charge in [0.15, 0.2) is 0 Å². The predicted octanol–water partition coefficient (Wildman–Crippen LogP) is 2.56. The molecule has 3 N–H and O–H groups in total. The van der Waals surface area contributed by atoms with Crippen molar-refractivity contribution in [2.75, 3.05) is 19.0 Å². The van der Waals surface area contributed by atoms with Crippen molar-refractivity contribution in [2.24, 2.45) is 5.84 Å². The molecule has 0 aliphatic rings. The van der Waals surface area contributed by atoms with Crippen LogP contribution in [-0.4, -0.2) is 14.1 Å².